The molecule has 1 aromatic heterocycles. The molecule has 0 fully saturated rings. The van der Waals surface area contributed by atoms with E-state index < -0.39 is 0 Å². The van der Waals surface area contributed by atoms with Crippen LogP contribution in [0, 0.1) is 6.92 Å². The van der Waals surface area contributed by atoms with E-state index >= 15 is 0 Å². The van der Waals surface area contributed by atoms with Gasteiger partial charge in [0.05, 0.1) is 0 Å². The van der Waals surface area contributed by atoms with Crippen molar-refractivity contribution in [2.45, 2.75) is 13.3 Å². The molecule has 2 rings (SSSR count). The summed E-state index contributed by atoms with van der Waals surface area (Å²) in [7, 11) is 0. The van der Waals surface area contributed by atoms with Crippen molar-refractivity contribution < 1.29 is 0 Å². The molecule has 1 heterocycles. The van der Waals surface area contributed by atoms with Gasteiger partial charge in [-0.15, -0.1) is 0 Å². The van der Waals surface area contributed by atoms with Crippen molar-refractivity contribution in [1.29, 1.82) is 0 Å². The fourth-order valence-electron chi connectivity index (χ4n) is 1.79. The molecule has 0 atom stereocenters. The molecule has 2 nitrogen and oxygen atoms in total. The Kier molecular flexibility index (Phi) is 2.61. The third kappa shape index (κ3) is 1.57. The summed E-state index contributed by atoms with van der Waals surface area (Å²) < 4.78 is 1.13. The zero-order valence-corrected chi connectivity index (χ0v) is 9.69. The average molecular weight is 253 g/mol. The molecule has 3 heteroatoms. The first-order valence-electron chi connectivity index (χ1n) is 4.68. The van der Waals surface area contributed by atoms with Gasteiger partial charge in [0.2, 0.25) is 0 Å². The van der Waals surface area contributed by atoms with Gasteiger partial charge in [0.15, 0.2) is 0 Å². The summed E-state index contributed by atoms with van der Waals surface area (Å²) in [6.45, 7) is 2.80. The maximum Gasteiger partial charge on any atom is 0.0487 e. The maximum absolute atomic E-state index is 5.56. The van der Waals surface area contributed by atoms with Crippen molar-refractivity contribution in [3.8, 4) is 0 Å². The predicted octanol–water partition coefficient (Wildman–Crippen LogP) is 2.74. The number of aromatic amines is 1. The first-order chi connectivity index (χ1) is 6.72. The molecule has 1 aromatic carbocycles. The van der Waals surface area contributed by atoms with Gasteiger partial charge in [0.25, 0.3) is 0 Å². The largest absolute Gasteiger partial charge is 0.361 e. The van der Waals surface area contributed by atoms with Crippen molar-refractivity contribution in [2.75, 3.05) is 6.54 Å². The van der Waals surface area contributed by atoms with E-state index in [0.717, 1.165) is 10.9 Å². The van der Waals surface area contributed by atoms with E-state index in [2.05, 4.69) is 46.2 Å². The maximum atomic E-state index is 5.56. The first-order valence-corrected chi connectivity index (χ1v) is 5.48. The normalized spacial score (nSPS) is 11.1. The molecule has 0 saturated heterocycles. The topological polar surface area (TPSA) is 41.8 Å². The van der Waals surface area contributed by atoms with E-state index in [4.69, 9.17) is 5.73 Å². The summed E-state index contributed by atoms with van der Waals surface area (Å²) in [4.78, 5) is 3.29. The quantitative estimate of drug-likeness (QED) is 0.848. The highest BCUT2D eigenvalue weighted by atomic mass is 79.9. The van der Waals surface area contributed by atoms with Gasteiger partial charge < -0.3 is 10.7 Å². The molecule has 0 amide bonds. The lowest BCUT2D eigenvalue weighted by molar-refractivity contribution is 0.976. The Morgan fingerprint density at radius 3 is 2.93 bits per heavy atom. The van der Waals surface area contributed by atoms with Gasteiger partial charge in [-0.3, -0.25) is 0 Å². The number of nitrogens with two attached hydrogens (primary N) is 1. The molecular formula is C11H13BrN2. The number of fused-ring (bicyclic) bond motifs is 1. The zero-order valence-electron chi connectivity index (χ0n) is 8.10. The number of aryl methyl sites for hydroxylation is 1. The summed E-state index contributed by atoms with van der Waals surface area (Å²) >= 11 is 3.51. The van der Waals surface area contributed by atoms with Crippen LogP contribution in [0.25, 0.3) is 10.9 Å². The Morgan fingerprint density at radius 1 is 1.43 bits per heavy atom. The van der Waals surface area contributed by atoms with Crippen LogP contribution in [0.2, 0.25) is 0 Å². The lowest BCUT2D eigenvalue weighted by Crippen LogP contribution is -2.01. The number of hydrogen-bond donors (Lipinski definition) is 2. The van der Waals surface area contributed by atoms with Crippen molar-refractivity contribution in [3.63, 3.8) is 0 Å². The molecule has 0 aliphatic heterocycles. The molecular weight excluding hydrogens is 240 g/mol. The summed E-state index contributed by atoms with van der Waals surface area (Å²) in [5, 5.41) is 1.28. The summed E-state index contributed by atoms with van der Waals surface area (Å²) in [6, 6.07) is 4.26. The molecule has 0 aliphatic rings. The first kappa shape index (κ1) is 9.74. The van der Waals surface area contributed by atoms with Gasteiger partial charge in [-0.25, -0.2) is 0 Å². The summed E-state index contributed by atoms with van der Waals surface area (Å²) in [6.07, 6.45) is 2.98. The second-order valence-corrected chi connectivity index (χ2v) is 4.41. The highest BCUT2D eigenvalue weighted by molar-refractivity contribution is 9.10. The minimum absolute atomic E-state index is 0.693. The number of H-pyrrole nitrogens is 1. The lowest BCUT2D eigenvalue weighted by atomic mass is 10.1. The van der Waals surface area contributed by atoms with Gasteiger partial charge >= 0.3 is 0 Å². The number of benzene rings is 1. The van der Waals surface area contributed by atoms with E-state index in [9.17, 15) is 0 Å². The van der Waals surface area contributed by atoms with E-state index in [1.165, 1.54) is 22.0 Å². The van der Waals surface area contributed by atoms with Crippen LogP contribution in [0.3, 0.4) is 0 Å². The van der Waals surface area contributed by atoms with Crippen molar-refractivity contribution >= 4 is 26.8 Å². The molecule has 2 aromatic rings. The number of rotatable bonds is 2. The van der Waals surface area contributed by atoms with Crippen LogP contribution in [0.1, 0.15) is 11.1 Å². The predicted molar refractivity (Wildman–Crippen MR) is 63.5 cm³/mol. The zero-order chi connectivity index (χ0) is 10.1. The SMILES string of the molecule is Cc1cc(Br)cc2c(CCN)c[nH]c12. The molecule has 0 bridgehead atoms. The Labute approximate surface area is 91.6 Å². The van der Waals surface area contributed by atoms with Crippen LogP contribution in [0.4, 0.5) is 0 Å². The van der Waals surface area contributed by atoms with Crippen LogP contribution < -0.4 is 5.73 Å². The number of aromatic nitrogens is 1. The molecule has 74 valence electrons. The molecule has 0 saturated carbocycles. The Bertz CT molecular complexity index is 460. The molecule has 3 N–H and O–H groups in total. The smallest absolute Gasteiger partial charge is 0.0487 e. The molecule has 14 heavy (non-hydrogen) atoms. The molecule has 0 spiro atoms. The minimum Gasteiger partial charge on any atom is -0.361 e. The number of hydrogen-bond acceptors (Lipinski definition) is 1. The fourth-order valence-corrected chi connectivity index (χ4v) is 2.36. The highest BCUT2D eigenvalue weighted by Crippen LogP contribution is 2.26. The van der Waals surface area contributed by atoms with Crippen molar-refractivity contribution in [3.05, 3.63) is 33.9 Å². The van der Waals surface area contributed by atoms with Crippen LogP contribution in [-0.2, 0) is 6.42 Å². The van der Waals surface area contributed by atoms with E-state index in [1.807, 2.05) is 0 Å². The van der Waals surface area contributed by atoms with Crippen LogP contribution >= 0.6 is 15.9 Å². The standard InChI is InChI=1S/C11H13BrN2/c1-7-4-9(12)5-10-8(2-3-13)6-14-11(7)10/h4-6,14H,2-3,13H2,1H3. The number of halogens is 1. The van der Waals surface area contributed by atoms with Gasteiger partial charge in [-0.2, -0.15) is 0 Å². The van der Waals surface area contributed by atoms with Gasteiger partial charge in [0.1, 0.15) is 0 Å². The monoisotopic (exact) mass is 252 g/mol. The van der Waals surface area contributed by atoms with E-state index in [-0.39, 0.29) is 0 Å². The second-order valence-electron chi connectivity index (χ2n) is 3.50. The molecule has 0 aliphatic carbocycles. The van der Waals surface area contributed by atoms with Crippen LogP contribution in [-0.4, -0.2) is 11.5 Å². The number of nitrogens with one attached hydrogen (secondary N) is 1. The van der Waals surface area contributed by atoms with Gasteiger partial charge in [0, 0.05) is 21.6 Å². The fraction of sp³-hybridized carbons (Fsp3) is 0.273. The van der Waals surface area contributed by atoms with Crippen LogP contribution in [0.15, 0.2) is 22.8 Å². The molecule has 0 radical (unpaired) electrons. The lowest BCUT2D eigenvalue weighted by Gasteiger charge is -2.00. The van der Waals surface area contributed by atoms with Crippen molar-refractivity contribution in [1.82, 2.24) is 4.98 Å². The average Bonchev–Trinajstić information content (AvgIpc) is 2.49. The Morgan fingerprint density at radius 2 is 2.21 bits per heavy atom. The van der Waals surface area contributed by atoms with Gasteiger partial charge in [-0.1, -0.05) is 15.9 Å². The molecule has 0 unspecified atom stereocenters. The van der Waals surface area contributed by atoms with Crippen LogP contribution in [0.5, 0.6) is 0 Å². The second kappa shape index (κ2) is 3.75. The third-order valence-electron chi connectivity index (χ3n) is 2.45. The van der Waals surface area contributed by atoms with E-state index in [1.54, 1.807) is 0 Å². The Hall–Kier alpha value is -0.800. The Balaban J connectivity index is 2.66. The highest BCUT2D eigenvalue weighted by Gasteiger charge is 2.05. The third-order valence-corrected chi connectivity index (χ3v) is 2.91. The van der Waals surface area contributed by atoms with Gasteiger partial charge in [-0.05, 0) is 43.1 Å². The van der Waals surface area contributed by atoms with Crippen molar-refractivity contribution in [2.24, 2.45) is 5.73 Å². The summed E-state index contributed by atoms with van der Waals surface area (Å²) in [5.41, 5.74) is 9.34. The summed E-state index contributed by atoms with van der Waals surface area (Å²) in [5.74, 6) is 0. The van der Waals surface area contributed by atoms with E-state index in [0.29, 0.717) is 6.54 Å². The minimum atomic E-state index is 0.693.